The van der Waals surface area contributed by atoms with Crippen molar-refractivity contribution in [3.8, 4) is 0 Å². The maximum atomic E-state index is 12.6. The number of rotatable bonds is 6. The standard InChI is InChI=1S/C18H18N4O4S3/c1-20-18(24)21-17-14(16(19)23)12-8-10(7-11(9-4-5-9)15(12)28-17)22-29(25,26)13-3-2-6-27-13/h2-3,6-9,22H,4-5H2,1H3,(H2,19,23)(H2,20,21,24). The number of amides is 3. The molecular formula is C18H18N4O4S3. The normalized spacial score (nSPS) is 14.0. The fourth-order valence-corrected chi connectivity index (χ4v) is 6.41. The first-order valence-corrected chi connectivity index (χ1v) is 11.9. The van der Waals surface area contributed by atoms with Gasteiger partial charge in [-0.25, -0.2) is 13.2 Å². The number of nitrogens with two attached hydrogens (primary N) is 1. The van der Waals surface area contributed by atoms with Gasteiger partial charge in [-0.05, 0) is 47.9 Å². The maximum Gasteiger partial charge on any atom is 0.319 e. The van der Waals surface area contributed by atoms with Crippen LogP contribution in [0, 0.1) is 0 Å². The first kappa shape index (κ1) is 19.7. The number of hydrogen-bond donors (Lipinski definition) is 4. The highest BCUT2D eigenvalue weighted by molar-refractivity contribution is 7.94. The largest absolute Gasteiger partial charge is 0.365 e. The molecule has 29 heavy (non-hydrogen) atoms. The van der Waals surface area contributed by atoms with Crippen molar-refractivity contribution in [2.75, 3.05) is 17.1 Å². The molecular weight excluding hydrogens is 432 g/mol. The van der Waals surface area contributed by atoms with E-state index in [1.54, 1.807) is 23.6 Å². The molecule has 1 aliphatic carbocycles. The van der Waals surface area contributed by atoms with Crippen LogP contribution < -0.4 is 21.1 Å². The summed E-state index contributed by atoms with van der Waals surface area (Å²) in [5, 5.41) is 7.64. The van der Waals surface area contributed by atoms with Crippen LogP contribution in [-0.2, 0) is 10.0 Å². The molecule has 11 heteroatoms. The molecule has 3 aromatic rings. The van der Waals surface area contributed by atoms with Gasteiger partial charge >= 0.3 is 6.03 Å². The summed E-state index contributed by atoms with van der Waals surface area (Å²) in [5.74, 6) is -0.404. The number of hydrogen-bond acceptors (Lipinski definition) is 6. The summed E-state index contributed by atoms with van der Waals surface area (Å²) in [6.07, 6.45) is 1.97. The summed E-state index contributed by atoms with van der Waals surface area (Å²) in [6, 6.07) is 6.12. The van der Waals surface area contributed by atoms with Gasteiger partial charge in [-0.15, -0.1) is 22.7 Å². The Kier molecular flexibility index (Phi) is 4.97. The lowest BCUT2D eigenvalue weighted by Gasteiger charge is -2.10. The van der Waals surface area contributed by atoms with E-state index in [0.29, 0.717) is 16.1 Å². The van der Waals surface area contributed by atoms with Crippen molar-refractivity contribution in [2.24, 2.45) is 5.73 Å². The van der Waals surface area contributed by atoms with Crippen LogP contribution in [-0.4, -0.2) is 27.4 Å². The van der Waals surface area contributed by atoms with E-state index >= 15 is 0 Å². The maximum absolute atomic E-state index is 12.6. The monoisotopic (exact) mass is 450 g/mol. The number of carbonyl (C=O) groups is 2. The highest BCUT2D eigenvalue weighted by Crippen LogP contribution is 2.49. The third-order valence-electron chi connectivity index (χ3n) is 4.55. The van der Waals surface area contributed by atoms with Crippen molar-refractivity contribution in [2.45, 2.75) is 23.0 Å². The summed E-state index contributed by atoms with van der Waals surface area (Å²) in [4.78, 5) is 24.0. The number of urea groups is 1. The number of primary amides is 1. The number of anilines is 2. The molecule has 1 aliphatic rings. The van der Waals surface area contributed by atoms with Crippen molar-refractivity contribution in [1.29, 1.82) is 0 Å². The molecule has 4 rings (SSSR count). The first-order chi connectivity index (χ1) is 13.8. The van der Waals surface area contributed by atoms with Gasteiger partial charge < -0.3 is 11.1 Å². The minimum Gasteiger partial charge on any atom is -0.365 e. The Bertz CT molecular complexity index is 1210. The zero-order valence-corrected chi connectivity index (χ0v) is 17.8. The molecule has 0 unspecified atom stereocenters. The van der Waals surface area contributed by atoms with Crippen LogP contribution in [0.1, 0.15) is 34.7 Å². The zero-order chi connectivity index (χ0) is 20.8. The molecule has 8 nitrogen and oxygen atoms in total. The third-order valence-corrected chi connectivity index (χ3v) is 8.50. The lowest BCUT2D eigenvalue weighted by molar-refractivity contribution is 0.100. The van der Waals surface area contributed by atoms with Crippen LogP contribution in [0.4, 0.5) is 15.5 Å². The predicted molar refractivity (Wildman–Crippen MR) is 116 cm³/mol. The van der Waals surface area contributed by atoms with Crippen LogP contribution in [0.2, 0.25) is 0 Å². The Balaban J connectivity index is 1.86. The second-order valence-electron chi connectivity index (χ2n) is 6.63. The molecule has 5 N–H and O–H groups in total. The molecule has 0 spiro atoms. The van der Waals surface area contributed by atoms with Crippen molar-refractivity contribution in [1.82, 2.24) is 5.32 Å². The lowest BCUT2D eigenvalue weighted by Crippen LogP contribution is -2.25. The smallest absolute Gasteiger partial charge is 0.319 e. The highest BCUT2D eigenvalue weighted by atomic mass is 32.2. The number of thiophene rings is 2. The number of carbonyl (C=O) groups excluding carboxylic acids is 2. The molecule has 2 aromatic heterocycles. The number of fused-ring (bicyclic) bond motifs is 1. The minimum absolute atomic E-state index is 0.174. The van der Waals surface area contributed by atoms with Crippen LogP contribution in [0.15, 0.2) is 33.9 Å². The molecule has 0 atom stereocenters. The van der Waals surface area contributed by atoms with Gasteiger partial charge in [-0.2, -0.15) is 0 Å². The molecule has 2 heterocycles. The first-order valence-electron chi connectivity index (χ1n) is 8.75. The Labute approximate surface area is 175 Å². The molecule has 0 saturated heterocycles. The van der Waals surface area contributed by atoms with Crippen molar-refractivity contribution < 1.29 is 18.0 Å². The molecule has 1 saturated carbocycles. The average Bonchev–Trinajstić information content (AvgIpc) is 3.20. The summed E-state index contributed by atoms with van der Waals surface area (Å²) >= 11 is 2.39. The van der Waals surface area contributed by atoms with Crippen LogP contribution >= 0.6 is 22.7 Å². The van der Waals surface area contributed by atoms with E-state index in [-0.39, 0.29) is 15.7 Å². The molecule has 3 amide bonds. The molecule has 0 aliphatic heterocycles. The molecule has 0 radical (unpaired) electrons. The van der Waals surface area contributed by atoms with Crippen LogP contribution in [0.5, 0.6) is 0 Å². The van der Waals surface area contributed by atoms with Crippen molar-refractivity contribution in [3.05, 3.63) is 40.8 Å². The lowest BCUT2D eigenvalue weighted by atomic mass is 10.0. The van der Waals surface area contributed by atoms with E-state index < -0.39 is 22.0 Å². The minimum atomic E-state index is -3.73. The number of sulfonamides is 1. The van der Waals surface area contributed by atoms with E-state index in [2.05, 4.69) is 15.4 Å². The predicted octanol–water partition coefficient (Wildman–Crippen LogP) is 3.49. The van der Waals surface area contributed by atoms with Gasteiger partial charge in [0.25, 0.3) is 15.9 Å². The van der Waals surface area contributed by atoms with E-state index in [4.69, 9.17) is 5.73 Å². The second-order valence-corrected chi connectivity index (χ2v) is 10.5. The van der Waals surface area contributed by atoms with E-state index in [0.717, 1.165) is 34.4 Å². The van der Waals surface area contributed by atoms with Gasteiger partial charge in [0, 0.05) is 22.8 Å². The van der Waals surface area contributed by atoms with Crippen molar-refractivity contribution >= 4 is 65.4 Å². The molecule has 1 fully saturated rings. The summed E-state index contributed by atoms with van der Waals surface area (Å²) < 4.78 is 28.9. The van der Waals surface area contributed by atoms with Crippen LogP contribution in [0.3, 0.4) is 0 Å². The van der Waals surface area contributed by atoms with Crippen molar-refractivity contribution in [3.63, 3.8) is 0 Å². The number of benzene rings is 1. The Morgan fingerprint density at radius 3 is 2.59 bits per heavy atom. The molecule has 1 aromatic carbocycles. The Morgan fingerprint density at radius 1 is 1.24 bits per heavy atom. The molecule has 152 valence electrons. The van der Waals surface area contributed by atoms with Crippen LogP contribution in [0.25, 0.3) is 10.1 Å². The fraction of sp³-hybridized carbons (Fsp3) is 0.222. The van der Waals surface area contributed by atoms with Gasteiger partial charge in [0.2, 0.25) is 0 Å². The Hall–Kier alpha value is -2.63. The zero-order valence-electron chi connectivity index (χ0n) is 15.3. The third kappa shape index (κ3) is 3.80. The highest BCUT2D eigenvalue weighted by Gasteiger charge is 2.30. The summed E-state index contributed by atoms with van der Waals surface area (Å²) in [7, 11) is -2.26. The van der Waals surface area contributed by atoms with E-state index in [1.165, 1.54) is 24.5 Å². The summed E-state index contributed by atoms with van der Waals surface area (Å²) in [5.41, 5.74) is 7.08. The van der Waals surface area contributed by atoms with E-state index in [9.17, 15) is 18.0 Å². The van der Waals surface area contributed by atoms with Gasteiger partial charge in [0.15, 0.2) is 0 Å². The molecule has 0 bridgehead atoms. The summed E-state index contributed by atoms with van der Waals surface area (Å²) in [6.45, 7) is 0. The number of nitrogens with one attached hydrogen (secondary N) is 3. The van der Waals surface area contributed by atoms with Gasteiger partial charge in [-0.3, -0.25) is 14.8 Å². The van der Waals surface area contributed by atoms with E-state index in [1.807, 2.05) is 0 Å². The fourth-order valence-electron chi connectivity index (χ4n) is 3.10. The quantitative estimate of drug-likeness (QED) is 0.458. The van der Waals surface area contributed by atoms with Gasteiger partial charge in [0.05, 0.1) is 5.56 Å². The van der Waals surface area contributed by atoms with Gasteiger partial charge in [-0.1, -0.05) is 6.07 Å². The average molecular weight is 451 g/mol. The van der Waals surface area contributed by atoms with Gasteiger partial charge in [0.1, 0.15) is 9.21 Å². The Morgan fingerprint density at radius 2 is 2.00 bits per heavy atom. The second kappa shape index (κ2) is 7.32. The SMILES string of the molecule is CNC(=O)Nc1sc2c(C3CC3)cc(NS(=O)(=O)c3cccs3)cc2c1C(N)=O. The topological polar surface area (TPSA) is 130 Å².